The number of hydrogen-bond acceptors (Lipinski definition) is 7. The fourth-order valence-electron chi connectivity index (χ4n) is 1.87. The van der Waals surface area contributed by atoms with E-state index in [9.17, 15) is 9.59 Å². The van der Waals surface area contributed by atoms with E-state index in [1.54, 1.807) is 12.1 Å². The summed E-state index contributed by atoms with van der Waals surface area (Å²) < 4.78 is 14.6. The predicted molar refractivity (Wildman–Crippen MR) is 76.7 cm³/mol. The van der Waals surface area contributed by atoms with Crippen molar-refractivity contribution in [2.24, 2.45) is 0 Å². The van der Waals surface area contributed by atoms with Gasteiger partial charge in [0, 0.05) is 30.9 Å². The van der Waals surface area contributed by atoms with Crippen LogP contribution in [-0.4, -0.2) is 39.2 Å². The van der Waals surface area contributed by atoms with Gasteiger partial charge in [-0.05, 0) is 24.6 Å². The lowest BCUT2D eigenvalue weighted by Gasteiger charge is -2.28. The van der Waals surface area contributed by atoms with Crippen molar-refractivity contribution < 1.29 is 19.1 Å². The topological polar surface area (TPSA) is 67.9 Å². The standard InChI is InChI=1S/C13H16N2O4S/c1-18-12(16)9-6-10(13(17)19-2)8-11(7-9)15-5-3-4-14-20-15/h6-8,14H,3-5H2,1-2H3. The number of carbonyl (C=O) groups is 2. The summed E-state index contributed by atoms with van der Waals surface area (Å²) in [6, 6.07) is 4.89. The van der Waals surface area contributed by atoms with Crippen LogP contribution in [0.25, 0.3) is 0 Å². The van der Waals surface area contributed by atoms with E-state index in [0.29, 0.717) is 11.1 Å². The molecule has 0 spiro atoms. The van der Waals surface area contributed by atoms with Crippen LogP contribution >= 0.6 is 12.1 Å². The van der Waals surface area contributed by atoms with Crippen LogP contribution in [0.15, 0.2) is 18.2 Å². The van der Waals surface area contributed by atoms with Crippen LogP contribution in [-0.2, 0) is 9.47 Å². The summed E-state index contributed by atoms with van der Waals surface area (Å²) in [5.41, 5.74) is 1.43. The number of carbonyl (C=O) groups excluding carboxylic acids is 2. The number of anilines is 1. The SMILES string of the molecule is COC(=O)c1cc(C(=O)OC)cc(N2CCCNS2)c1. The van der Waals surface area contributed by atoms with Gasteiger partial charge in [0.25, 0.3) is 0 Å². The summed E-state index contributed by atoms with van der Waals surface area (Å²) >= 11 is 1.45. The lowest BCUT2D eigenvalue weighted by atomic mass is 10.1. The number of nitrogens with zero attached hydrogens (tertiary/aromatic N) is 1. The van der Waals surface area contributed by atoms with Crippen LogP contribution in [0.2, 0.25) is 0 Å². The fraction of sp³-hybridized carbons (Fsp3) is 0.385. The summed E-state index contributed by atoms with van der Waals surface area (Å²) in [4.78, 5) is 23.4. The zero-order valence-electron chi connectivity index (χ0n) is 11.3. The fourth-order valence-corrected chi connectivity index (χ4v) is 2.70. The van der Waals surface area contributed by atoms with Gasteiger partial charge >= 0.3 is 11.9 Å². The number of rotatable bonds is 3. The molecule has 108 valence electrons. The van der Waals surface area contributed by atoms with Gasteiger partial charge in [-0.25, -0.2) is 14.3 Å². The molecule has 6 nitrogen and oxygen atoms in total. The van der Waals surface area contributed by atoms with Crippen LogP contribution in [0, 0.1) is 0 Å². The Balaban J connectivity index is 2.38. The maximum atomic E-state index is 11.7. The second-order valence-corrected chi connectivity index (χ2v) is 5.11. The Morgan fingerprint density at radius 1 is 1.15 bits per heavy atom. The number of hydrogen-bond donors (Lipinski definition) is 1. The molecular formula is C13H16N2O4S. The van der Waals surface area contributed by atoms with Gasteiger partial charge < -0.3 is 13.8 Å². The molecule has 1 aliphatic rings. The van der Waals surface area contributed by atoms with E-state index >= 15 is 0 Å². The highest BCUT2D eigenvalue weighted by molar-refractivity contribution is 7.98. The van der Waals surface area contributed by atoms with Gasteiger partial charge in [-0.15, -0.1) is 0 Å². The molecule has 1 saturated heterocycles. The lowest BCUT2D eigenvalue weighted by molar-refractivity contribution is 0.0599. The minimum absolute atomic E-state index is 0.330. The van der Waals surface area contributed by atoms with Crippen molar-refractivity contribution in [3.63, 3.8) is 0 Å². The first-order valence-electron chi connectivity index (χ1n) is 6.15. The second kappa shape index (κ2) is 6.62. The van der Waals surface area contributed by atoms with E-state index in [1.165, 1.54) is 32.4 Å². The zero-order valence-corrected chi connectivity index (χ0v) is 12.2. The zero-order chi connectivity index (χ0) is 14.5. The van der Waals surface area contributed by atoms with Crippen molar-refractivity contribution in [1.82, 2.24) is 4.72 Å². The molecule has 1 heterocycles. The van der Waals surface area contributed by atoms with Crippen molar-refractivity contribution in [2.75, 3.05) is 31.6 Å². The molecular weight excluding hydrogens is 280 g/mol. The van der Waals surface area contributed by atoms with E-state index in [-0.39, 0.29) is 0 Å². The smallest absolute Gasteiger partial charge is 0.337 e. The van der Waals surface area contributed by atoms with E-state index in [4.69, 9.17) is 9.47 Å². The molecule has 1 aromatic carbocycles. The summed E-state index contributed by atoms with van der Waals surface area (Å²) in [7, 11) is 2.62. The highest BCUT2D eigenvalue weighted by Gasteiger charge is 2.18. The Hall–Kier alpha value is -1.73. The van der Waals surface area contributed by atoms with Crippen LogP contribution in [0.3, 0.4) is 0 Å². The molecule has 0 radical (unpaired) electrons. The molecule has 2 rings (SSSR count). The molecule has 0 aliphatic carbocycles. The van der Waals surface area contributed by atoms with Crippen LogP contribution in [0.1, 0.15) is 27.1 Å². The van der Waals surface area contributed by atoms with Gasteiger partial charge in [0.1, 0.15) is 0 Å². The van der Waals surface area contributed by atoms with Gasteiger partial charge in [-0.1, -0.05) is 0 Å². The molecule has 0 aromatic heterocycles. The molecule has 0 unspecified atom stereocenters. The molecule has 0 amide bonds. The predicted octanol–water partition coefficient (Wildman–Crippen LogP) is 1.62. The summed E-state index contributed by atoms with van der Waals surface area (Å²) in [6.07, 6.45) is 0.989. The van der Waals surface area contributed by atoms with Crippen LogP contribution in [0.5, 0.6) is 0 Å². The molecule has 1 aliphatic heterocycles. The second-order valence-electron chi connectivity index (χ2n) is 4.19. The first-order chi connectivity index (χ1) is 9.65. The van der Waals surface area contributed by atoms with Gasteiger partial charge in [0.05, 0.1) is 25.3 Å². The third-order valence-corrected chi connectivity index (χ3v) is 3.81. The first-order valence-corrected chi connectivity index (χ1v) is 6.92. The van der Waals surface area contributed by atoms with E-state index < -0.39 is 11.9 Å². The molecule has 1 fully saturated rings. The van der Waals surface area contributed by atoms with Gasteiger partial charge in [0.2, 0.25) is 0 Å². The number of esters is 2. The van der Waals surface area contributed by atoms with Gasteiger partial charge in [-0.2, -0.15) is 0 Å². The third kappa shape index (κ3) is 3.23. The third-order valence-electron chi connectivity index (χ3n) is 2.86. The molecule has 0 bridgehead atoms. The molecule has 0 atom stereocenters. The van der Waals surface area contributed by atoms with E-state index in [2.05, 4.69) is 4.72 Å². The maximum Gasteiger partial charge on any atom is 0.337 e. The maximum absolute atomic E-state index is 11.7. The molecule has 1 aromatic rings. The average Bonchev–Trinajstić information content (AvgIpc) is 2.53. The number of methoxy groups -OCH3 is 2. The number of nitrogens with one attached hydrogen (secondary N) is 1. The Labute approximate surface area is 121 Å². The monoisotopic (exact) mass is 296 g/mol. The van der Waals surface area contributed by atoms with Crippen molar-refractivity contribution in [3.05, 3.63) is 29.3 Å². The van der Waals surface area contributed by atoms with Gasteiger partial charge in [0.15, 0.2) is 0 Å². The van der Waals surface area contributed by atoms with Crippen molar-refractivity contribution in [3.8, 4) is 0 Å². The first kappa shape index (κ1) is 14.7. The largest absolute Gasteiger partial charge is 0.465 e. The van der Waals surface area contributed by atoms with Crippen molar-refractivity contribution >= 4 is 29.8 Å². The lowest BCUT2D eigenvalue weighted by Crippen LogP contribution is -2.30. The average molecular weight is 296 g/mol. The normalized spacial score (nSPS) is 14.8. The Bertz CT molecular complexity index is 481. The highest BCUT2D eigenvalue weighted by atomic mass is 32.2. The Morgan fingerprint density at radius 2 is 1.75 bits per heavy atom. The minimum atomic E-state index is -0.480. The van der Waals surface area contributed by atoms with Crippen molar-refractivity contribution in [2.45, 2.75) is 6.42 Å². The molecule has 20 heavy (non-hydrogen) atoms. The molecule has 7 heteroatoms. The highest BCUT2D eigenvalue weighted by Crippen LogP contribution is 2.26. The number of ether oxygens (including phenoxy) is 2. The summed E-state index contributed by atoms with van der Waals surface area (Å²) in [5, 5.41) is 0. The Morgan fingerprint density at radius 3 is 2.20 bits per heavy atom. The van der Waals surface area contributed by atoms with Crippen molar-refractivity contribution in [1.29, 1.82) is 0 Å². The summed E-state index contributed by atoms with van der Waals surface area (Å²) in [6.45, 7) is 1.77. The van der Waals surface area contributed by atoms with E-state index in [1.807, 2.05) is 4.31 Å². The Kier molecular flexibility index (Phi) is 4.86. The van der Waals surface area contributed by atoms with E-state index in [0.717, 1.165) is 25.2 Å². The number of benzene rings is 1. The summed E-state index contributed by atoms with van der Waals surface area (Å²) in [5.74, 6) is -0.959. The quantitative estimate of drug-likeness (QED) is 0.671. The van der Waals surface area contributed by atoms with Crippen LogP contribution in [0.4, 0.5) is 5.69 Å². The molecule has 1 N–H and O–H groups in total. The van der Waals surface area contributed by atoms with Gasteiger partial charge in [-0.3, -0.25) is 0 Å². The molecule has 0 saturated carbocycles. The van der Waals surface area contributed by atoms with Crippen LogP contribution < -0.4 is 9.03 Å². The minimum Gasteiger partial charge on any atom is -0.465 e.